The molecule has 1 aliphatic carbocycles. The van der Waals surface area contributed by atoms with Crippen molar-refractivity contribution in [3.8, 4) is 0 Å². The predicted octanol–water partition coefficient (Wildman–Crippen LogP) is 1.50. The first kappa shape index (κ1) is 14.4. The Labute approximate surface area is 117 Å². The van der Waals surface area contributed by atoms with E-state index in [1.54, 1.807) is 0 Å². The zero-order valence-corrected chi connectivity index (χ0v) is 12.9. The Hall–Kier alpha value is -0.0505. The summed E-state index contributed by atoms with van der Waals surface area (Å²) in [5.74, 6) is 1.39. The average Bonchev–Trinajstić information content (AvgIpc) is 2.93. The maximum absolute atomic E-state index is 11.1. The van der Waals surface area contributed by atoms with E-state index in [1.807, 2.05) is 0 Å². The van der Waals surface area contributed by atoms with Crippen LogP contribution in [0.4, 0.5) is 0 Å². The molecule has 0 N–H and O–H groups in total. The average molecular weight is 313 g/mol. The van der Waals surface area contributed by atoms with Crippen molar-refractivity contribution in [1.29, 1.82) is 0 Å². The molecule has 0 bridgehead atoms. The van der Waals surface area contributed by atoms with Gasteiger partial charge in [-0.05, 0) is 0 Å². The molecular weight excluding hydrogens is 293 g/mol. The molecule has 2 fully saturated rings. The third-order valence-electron chi connectivity index (χ3n) is 3.43. The van der Waals surface area contributed by atoms with Gasteiger partial charge in [0.15, 0.2) is 0 Å². The van der Waals surface area contributed by atoms with Crippen molar-refractivity contribution in [3.05, 3.63) is 30.0 Å². The summed E-state index contributed by atoms with van der Waals surface area (Å²) in [5, 5.41) is 1.01. The van der Waals surface area contributed by atoms with Gasteiger partial charge in [0.25, 0.3) is 0 Å². The van der Waals surface area contributed by atoms with Crippen molar-refractivity contribution in [2.24, 2.45) is 0 Å². The molecule has 3 nitrogen and oxygen atoms in total. The Balaban J connectivity index is 1.79. The van der Waals surface area contributed by atoms with E-state index in [1.165, 1.54) is 10.7 Å². The van der Waals surface area contributed by atoms with E-state index < -0.39 is 0 Å². The van der Waals surface area contributed by atoms with Crippen molar-refractivity contribution < 1.29 is 9.53 Å². The summed E-state index contributed by atoms with van der Waals surface area (Å²) in [6, 6.07) is 0.447. The van der Waals surface area contributed by atoms with E-state index >= 15 is 0 Å². The van der Waals surface area contributed by atoms with E-state index in [0.717, 1.165) is 11.7 Å². The fourth-order valence-corrected chi connectivity index (χ4v) is 4.53. The predicted molar refractivity (Wildman–Crippen MR) is 72.2 cm³/mol. The molecule has 1 saturated heterocycles. The Bertz CT molecular complexity index is 296. The summed E-state index contributed by atoms with van der Waals surface area (Å²) in [5.41, 5.74) is 0. The van der Waals surface area contributed by atoms with Crippen LogP contribution in [-0.4, -0.2) is 52.1 Å². The number of carbonyl (C=O) groups excluding carboxylic acids is 1. The van der Waals surface area contributed by atoms with Crippen LogP contribution in [0.3, 0.4) is 0 Å². The van der Waals surface area contributed by atoms with E-state index in [-0.39, 0.29) is 12.1 Å². The number of esters is 1. The first-order valence-corrected chi connectivity index (χ1v) is 8.39. The molecule has 2 rings (SSSR count). The van der Waals surface area contributed by atoms with E-state index in [9.17, 15) is 4.79 Å². The first-order valence-electron chi connectivity index (χ1n) is 6.32. The summed E-state index contributed by atoms with van der Waals surface area (Å²) in [7, 11) is 4.21. The minimum absolute atomic E-state index is 0.0276. The summed E-state index contributed by atoms with van der Waals surface area (Å²) in [4.78, 5) is 14.7. The Morgan fingerprint density at radius 2 is 2.28 bits per heavy atom. The van der Waals surface area contributed by atoms with Crippen molar-refractivity contribution in [3.63, 3.8) is 0 Å². The standard InChI is InChI=1S/C14H20NO2Se/c1-10(15(2)3)12-5-4-6-13(12)18-9-11-7-8-14(16)17-11/h4-6,10-11H,7-9H2,1-3H3/t10-,11?/m0/s1. The van der Waals surface area contributed by atoms with Crippen LogP contribution in [0.1, 0.15) is 19.8 Å². The molecule has 0 amide bonds. The van der Waals surface area contributed by atoms with Crippen LogP contribution < -0.4 is 0 Å². The molecule has 2 aliphatic rings. The van der Waals surface area contributed by atoms with Gasteiger partial charge in [-0.15, -0.1) is 0 Å². The molecule has 1 unspecified atom stereocenters. The van der Waals surface area contributed by atoms with Gasteiger partial charge in [0.1, 0.15) is 0 Å². The van der Waals surface area contributed by atoms with Crippen LogP contribution in [0.15, 0.2) is 0 Å². The van der Waals surface area contributed by atoms with Gasteiger partial charge >= 0.3 is 117 Å². The number of cyclic esters (lactones) is 1. The maximum atomic E-state index is 11.1. The molecule has 0 aromatic heterocycles. The Morgan fingerprint density at radius 1 is 1.50 bits per heavy atom. The second-order valence-corrected chi connectivity index (χ2v) is 7.17. The molecule has 2 atom stereocenters. The molecule has 18 heavy (non-hydrogen) atoms. The SMILES string of the molecule is C[C@@H]([C]1[CH][CH][CH][C]1[Se]CC1CCC(=O)O1)N(C)C. The fraction of sp³-hybridized carbons (Fsp3) is 0.571. The van der Waals surface area contributed by atoms with Crippen molar-refractivity contribution in [2.45, 2.75) is 37.2 Å². The number of carbonyl (C=O) groups is 1. The van der Waals surface area contributed by atoms with Crippen LogP contribution in [0.2, 0.25) is 5.32 Å². The molecule has 0 aromatic carbocycles. The second-order valence-electron chi connectivity index (χ2n) is 4.95. The minimum atomic E-state index is -0.0276. The van der Waals surface area contributed by atoms with Gasteiger partial charge in [0.05, 0.1) is 0 Å². The summed E-state index contributed by atoms with van der Waals surface area (Å²) in [6.07, 6.45) is 8.22. The van der Waals surface area contributed by atoms with Crippen LogP contribution in [0.5, 0.6) is 0 Å². The molecule has 1 aliphatic heterocycles. The fourth-order valence-electron chi connectivity index (χ4n) is 2.05. The second kappa shape index (κ2) is 6.40. The summed E-state index contributed by atoms with van der Waals surface area (Å²) < 4.78 is 5.27. The zero-order valence-electron chi connectivity index (χ0n) is 11.2. The first-order chi connectivity index (χ1) is 8.58. The number of hydrogen-bond donors (Lipinski definition) is 0. The Kier molecular flexibility index (Phi) is 5.11. The number of ether oxygens (including phenoxy) is 1. The van der Waals surface area contributed by atoms with Gasteiger partial charge in [-0.2, -0.15) is 0 Å². The number of nitrogens with zero attached hydrogens (tertiary/aromatic N) is 1. The van der Waals surface area contributed by atoms with Gasteiger partial charge in [0, 0.05) is 0 Å². The molecule has 99 valence electrons. The molecule has 4 heteroatoms. The van der Waals surface area contributed by atoms with Crippen LogP contribution >= 0.6 is 0 Å². The number of hydrogen-bond acceptors (Lipinski definition) is 3. The third-order valence-corrected chi connectivity index (χ3v) is 5.99. The normalized spacial score (nSPS) is 28.0. The van der Waals surface area contributed by atoms with Crippen molar-refractivity contribution in [1.82, 2.24) is 4.90 Å². The van der Waals surface area contributed by atoms with Crippen molar-refractivity contribution in [2.75, 3.05) is 14.1 Å². The summed E-state index contributed by atoms with van der Waals surface area (Å²) in [6.45, 7) is 2.23. The monoisotopic (exact) mass is 314 g/mol. The van der Waals surface area contributed by atoms with Gasteiger partial charge in [-0.1, -0.05) is 0 Å². The van der Waals surface area contributed by atoms with Gasteiger partial charge in [-0.3, -0.25) is 0 Å². The topological polar surface area (TPSA) is 29.5 Å². The molecular formula is C14H20NO2Se. The quantitative estimate of drug-likeness (QED) is 0.569. The van der Waals surface area contributed by atoms with Gasteiger partial charge in [-0.25, -0.2) is 0 Å². The van der Waals surface area contributed by atoms with Crippen molar-refractivity contribution >= 4 is 20.9 Å². The molecule has 1 heterocycles. The van der Waals surface area contributed by atoms with Crippen LogP contribution in [-0.2, 0) is 9.53 Å². The van der Waals surface area contributed by atoms with E-state index in [0.29, 0.717) is 27.4 Å². The summed E-state index contributed by atoms with van der Waals surface area (Å²) >= 11 is 0.401. The molecule has 0 spiro atoms. The zero-order chi connectivity index (χ0) is 13.1. The van der Waals surface area contributed by atoms with E-state index in [2.05, 4.69) is 45.2 Å². The molecule has 0 aromatic rings. The Morgan fingerprint density at radius 3 is 2.89 bits per heavy atom. The number of rotatable bonds is 5. The molecule has 5 radical (unpaired) electrons. The third kappa shape index (κ3) is 3.49. The van der Waals surface area contributed by atoms with Gasteiger partial charge in [0.2, 0.25) is 0 Å². The van der Waals surface area contributed by atoms with Crippen LogP contribution in [0.25, 0.3) is 0 Å². The van der Waals surface area contributed by atoms with Gasteiger partial charge < -0.3 is 0 Å². The molecule has 1 saturated carbocycles. The van der Waals surface area contributed by atoms with E-state index in [4.69, 9.17) is 4.74 Å². The van der Waals surface area contributed by atoms with Crippen LogP contribution in [0, 0.1) is 30.0 Å².